The Labute approximate surface area is 90.9 Å². The molecule has 1 fully saturated rings. The first-order valence-electron chi connectivity index (χ1n) is 5.87. The minimum absolute atomic E-state index is 0.0269. The summed E-state index contributed by atoms with van der Waals surface area (Å²) in [6, 6.07) is 0.638. The van der Waals surface area contributed by atoms with Crippen LogP contribution in [0.4, 0.5) is 0 Å². The molecule has 0 saturated heterocycles. The molecule has 2 N–H and O–H groups in total. The van der Waals surface area contributed by atoms with Gasteiger partial charge in [-0.3, -0.25) is 0 Å². The van der Waals surface area contributed by atoms with Crippen LogP contribution in [0, 0.1) is 0 Å². The molecular weight excluding hydrogens is 188 g/mol. The molecule has 84 valence electrons. The quantitative estimate of drug-likeness (QED) is 0.800. The van der Waals surface area contributed by atoms with E-state index in [0.717, 1.165) is 18.7 Å². The van der Waals surface area contributed by atoms with Crippen LogP contribution in [-0.2, 0) is 5.41 Å². The van der Waals surface area contributed by atoms with Gasteiger partial charge in [0.25, 0.3) is 0 Å². The van der Waals surface area contributed by atoms with E-state index in [4.69, 9.17) is 5.73 Å². The lowest BCUT2D eigenvalue weighted by Gasteiger charge is -2.29. The van der Waals surface area contributed by atoms with E-state index in [1.165, 1.54) is 12.8 Å². The summed E-state index contributed by atoms with van der Waals surface area (Å²) in [5.74, 6) is 1.09. The van der Waals surface area contributed by atoms with E-state index < -0.39 is 0 Å². The van der Waals surface area contributed by atoms with E-state index in [1.54, 1.807) is 0 Å². The van der Waals surface area contributed by atoms with E-state index in [0.29, 0.717) is 12.6 Å². The summed E-state index contributed by atoms with van der Waals surface area (Å²) in [6.07, 6.45) is 6.46. The fraction of sp³-hybridized carbons (Fsp3) is 0.818. The van der Waals surface area contributed by atoms with Gasteiger partial charge < -0.3 is 10.3 Å². The third kappa shape index (κ3) is 1.67. The van der Waals surface area contributed by atoms with E-state index in [9.17, 15) is 0 Å². The summed E-state index contributed by atoms with van der Waals surface area (Å²) in [7, 11) is 0. The maximum Gasteiger partial charge on any atom is 0.140 e. The number of hydrogen-bond donors (Lipinski definition) is 1. The fourth-order valence-corrected chi connectivity index (χ4v) is 2.19. The predicted molar refractivity (Wildman–Crippen MR) is 59.6 cm³/mol. The Kier molecular flexibility index (Phi) is 2.78. The zero-order chi connectivity index (χ0) is 10.9. The van der Waals surface area contributed by atoms with Crippen LogP contribution in [0.3, 0.4) is 0 Å². The average molecular weight is 208 g/mol. The Balaban J connectivity index is 2.36. The molecule has 4 nitrogen and oxygen atoms in total. The SMILES string of the molecule is CCC(CC)(CN)c1nncn1C1CC1. The summed E-state index contributed by atoms with van der Waals surface area (Å²) < 4.78 is 2.24. The summed E-state index contributed by atoms with van der Waals surface area (Å²) in [5.41, 5.74) is 5.96. The van der Waals surface area contributed by atoms with Crippen molar-refractivity contribution in [2.75, 3.05) is 6.54 Å². The maximum atomic E-state index is 5.93. The second-order valence-corrected chi connectivity index (χ2v) is 4.48. The second-order valence-electron chi connectivity index (χ2n) is 4.48. The van der Waals surface area contributed by atoms with Crippen molar-refractivity contribution in [3.05, 3.63) is 12.2 Å². The Morgan fingerprint density at radius 2 is 2.13 bits per heavy atom. The molecule has 1 aromatic rings. The fourth-order valence-electron chi connectivity index (χ4n) is 2.19. The normalized spacial score (nSPS) is 17.0. The van der Waals surface area contributed by atoms with Gasteiger partial charge in [0.05, 0.1) is 0 Å². The van der Waals surface area contributed by atoms with Crippen molar-refractivity contribution in [3.63, 3.8) is 0 Å². The highest BCUT2D eigenvalue weighted by Crippen LogP contribution is 2.39. The predicted octanol–water partition coefficient (Wildman–Crippen LogP) is 1.63. The molecule has 2 rings (SSSR count). The van der Waals surface area contributed by atoms with Crippen LogP contribution in [0.15, 0.2) is 6.33 Å². The Hall–Kier alpha value is -0.900. The summed E-state index contributed by atoms with van der Waals surface area (Å²) in [4.78, 5) is 0. The van der Waals surface area contributed by atoms with Crippen LogP contribution >= 0.6 is 0 Å². The average Bonchev–Trinajstić information content (AvgIpc) is 3.01. The highest BCUT2D eigenvalue weighted by atomic mass is 15.3. The molecule has 0 atom stereocenters. The van der Waals surface area contributed by atoms with Crippen LogP contribution in [0.5, 0.6) is 0 Å². The summed E-state index contributed by atoms with van der Waals surface area (Å²) >= 11 is 0. The zero-order valence-electron chi connectivity index (χ0n) is 9.61. The smallest absolute Gasteiger partial charge is 0.140 e. The van der Waals surface area contributed by atoms with Gasteiger partial charge in [-0.25, -0.2) is 0 Å². The molecule has 1 heterocycles. The van der Waals surface area contributed by atoms with E-state index >= 15 is 0 Å². The number of nitrogens with zero attached hydrogens (tertiary/aromatic N) is 3. The largest absolute Gasteiger partial charge is 0.329 e. The van der Waals surface area contributed by atoms with Crippen molar-refractivity contribution in [3.8, 4) is 0 Å². The molecular formula is C11H20N4. The molecule has 0 amide bonds. The van der Waals surface area contributed by atoms with Gasteiger partial charge in [0.2, 0.25) is 0 Å². The van der Waals surface area contributed by atoms with Crippen LogP contribution in [-0.4, -0.2) is 21.3 Å². The molecule has 1 saturated carbocycles. The lowest BCUT2D eigenvalue weighted by atomic mass is 9.81. The van der Waals surface area contributed by atoms with Crippen molar-refractivity contribution >= 4 is 0 Å². The first-order chi connectivity index (χ1) is 7.27. The molecule has 0 aromatic carbocycles. The number of aromatic nitrogens is 3. The first-order valence-corrected chi connectivity index (χ1v) is 5.87. The molecule has 0 aliphatic heterocycles. The monoisotopic (exact) mass is 208 g/mol. The zero-order valence-corrected chi connectivity index (χ0v) is 9.61. The van der Waals surface area contributed by atoms with Crippen molar-refractivity contribution in [2.24, 2.45) is 5.73 Å². The molecule has 0 spiro atoms. The van der Waals surface area contributed by atoms with Gasteiger partial charge >= 0.3 is 0 Å². The molecule has 4 heteroatoms. The lowest BCUT2D eigenvalue weighted by molar-refractivity contribution is 0.364. The Morgan fingerprint density at radius 3 is 2.60 bits per heavy atom. The van der Waals surface area contributed by atoms with Gasteiger partial charge in [-0.1, -0.05) is 13.8 Å². The van der Waals surface area contributed by atoms with E-state index in [1.807, 2.05) is 6.33 Å². The minimum atomic E-state index is 0.0269. The van der Waals surface area contributed by atoms with Gasteiger partial charge in [0.15, 0.2) is 0 Å². The van der Waals surface area contributed by atoms with Gasteiger partial charge in [-0.05, 0) is 25.7 Å². The van der Waals surface area contributed by atoms with Crippen LogP contribution in [0.2, 0.25) is 0 Å². The standard InChI is InChI=1S/C11H20N4/c1-3-11(4-2,7-12)10-14-13-8-15(10)9-5-6-9/h8-9H,3-7,12H2,1-2H3. The van der Waals surface area contributed by atoms with Gasteiger partial charge in [-0.2, -0.15) is 0 Å². The van der Waals surface area contributed by atoms with E-state index in [2.05, 4.69) is 28.6 Å². The molecule has 0 radical (unpaired) electrons. The van der Waals surface area contributed by atoms with Crippen molar-refractivity contribution < 1.29 is 0 Å². The maximum absolute atomic E-state index is 5.93. The van der Waals surface area contributed by atoms with E-state index in [-0.39, 0.29) is 5.41 Å². The Morgan fingerprint density at radius 1 is 1.47 bits per heavy atom. The molecule has 1 aliphatic rings. The lowest BCUT2D eigenvalue weighted by Crippen LogP contribution is -2.36. The highest BCUT2D eigenvalue weighted by Gasteiger charge is 2.36. The topological polar surface area (TPSA) is 56.7 Å². The third-order valence-corrected chi connectivity index (χ3v) is 3.73. The molecule has 0 unspecified atom stereocenters. The minimum Gasteiger partial charge on any atom is -0.329 e. The first kappa shape index (κ1) is 10.6. The van der Waals surface area contributed by atoms with Crippen LogP contribution < -0.4 is 5.73 Å². The molecule has 1 aliphatic carbocycles. The molecule has 15 heavy (non-hydrogen) atoms. The number of hydrogen-bond acceptors (Lipinski definition) is 3. The summed E-state index contributed by atoms with van der Waals surface area (Å²) in [5, 5.41) is 8.35. The number of nitrogens with two attached hydrogens (primary N) is 1. The molecule has 0 bridgehead atoms. The van der Waals surface area contributed by atoms with Crippen molar-refractivity contribution in [2.45, 2.75) is 51.0 Å². The van der Waals surface area contributed by atoms with Crippen molar-refractivity contribution in [1.82, 2.24) is 14.8 Å². The van der Waals surface area contributed by atoms with Gasteiger partial charge in [0.1, 0.15) is 12.2 Å². The number of rotatable bonds is 5. The van der Waals surface area contributed by atoms with Gasteiger partial charge in [-0.15, -0.1) is 10.2 Å². The van der Waals surface area contributed by atoms with Gasteiger partial charge in [0, 0.05) is 18.0 Å². The molecule has 1 aromatic heterocycles. The second kappa shape index (κ2) is 3.93. The van der Waals surface area contributed by atoms with Crippen molar-refractivity contribution in [1.29, 1.82) is 0 Å². The Bertz CT molecular complexity index is 315. The van der Waals surface area contributed by atoms with Crippen LogP contribution in [0.1, 0.15) is 51.4 Å². The third-order valence-electron chi connectivity index (χ3n) is 3.73. The summed E-state index contributed by atoms with van der Waals surface area (Å²) in [6.45, 7) is 5.02. The highest BCUT2D eigenvalue weighted by molar-refractivity contribution is 5.11. The van der Waals surface area contributed by atoms with Crippen LogP contribution in [0.25, 0.3) is 0 Å².